The smallest absolute Gasteiger partial charge is 0.0849 e. The molecule has 18 heavy (non-hydrogen) atoms. The summed E-state index contributed by atoms with van der Waals surface area (Å²) in [7, 11) is 1.92. The average Bonchev–Trinajstić information content (AvgIpc) is 2.67. The summed E-state index contributed by atoms with van der Waals surface area (Å²) in [5, 5.41) is 14.9. The van der Waals surface area contributed by atoms with Gasteiger partial charge in [-0.1, -0.05) is 18.5 Å². The molecular weight excluding hydrogens is 252 g/mol. The Kier molecular flexibility index (Phi) is 4.30. The zero-order chi connectivity index (χ0) is 13.2. The van der Waals surface area contributed by atoms with Crippen molar-refractivity contribution < 1.29 is 9.84 Å². The molecule has 0 aliphatic carbocycles. The van der Waals surface area contributed by atoms with Gasteiger partial charge in [-0.2, -0.15) is 5.10 Å². The Morgan fingerprint density at radius 1 is 1.44 bits per heavy atom. The first-order chi connectivity index (χ1) is 8.62. The maximum atomic E-state index is 9.72. The van der Waals surface area contributed by atoms with Crippen LogP contribution in [0.2, 0.25) is 5.02 Å². The van der Waals surface area contributed by atoms with Crippen molar-refractivity contribution >= 4 is 11.6 Å². The van der Waals surface area contributed by atoms with E-state index < -0.39 is 0 Å². The van der Waals surface area contributed by atoms with Crippen LogP contribution in [0.25, 0.3) is 0 Å². The molecule has 0 unspecified atom stereocenters. The minimum atomic E-state index is -0.0965. The monoisotopic (exact) mass is 272 g/mol. The molecule has 1 fully saturated rings. The van der Waals surface area contributed by atoms with Gasteiger partial charge in [0.15, 0.2) is 0 Å². The number of hydrogen-bond acceptors (Lipinski definition) is 3. The molecule has 0 radical (unpaired) electrons. The van der Waals surface area contributed by atoms with Gasteiger partial charge in [-0.05, 0) is 25.7 Å². The summed E-state index contributed by atoms with van der Waals surface area (Å²) < 4.78 is 7.24. The van der Waals surface area contributed by atoms with Crippen LogP contribution in [-0.2, 0) is 24.6 Å². The van der Waals surface area contributed by atoms with E-state index in [0.717, 1.165) is 55.3 Å². The van der Waals surface area contributed by atoms with E-state index in [1.54, 1.807) is 0 Å². The topological polar surface area (TPSA) is 47.3 Å². The molecule has 5 heteroatoms. The Morgan fingerprint density at radius 2 is 2.11 bits per heavy atom. The predicted octanol–water partition coefficient (Wildman–Crippen LogP) is 1.97. The minimum absolute atomic E-state index is 0.0965. The van der Waals surface area contributed by atoms with Crippen LogP contribution in [-0.4, -0.2) is 34.7 Å². The van der Waals surface area contributed by atoms with Gasteiger partial charge in [-0.3, -0.25) is 4.68 Å². The number of aliphatic hydroxyl groups is 1. The van der Waals surface area contributed by atoms with E-state index in [-0.39, 0.29) is 12.0 Å². The molecule has 0 spiro atoms. The number of hydrogen-bond donors (Lipinski definition) is 1. The molecular formula is C13H21ClN2O2. The molecule has 2 heterocycles. The van der Waals surface area contributed by atoms with Crippen molar-refractivity contribution in [1.29, 1.82) is 0 Å². The first kappa shape index (κ1) is 13.8. The van der Waals surface area contributed by atoms with Crippen molar-refractivity contribution in [3.8, 4) is 0 Å². The van der Waals surface area contributed by atoms with Gasteiger partial charge in [0.1, 0.15) is 0 Å². The standard InChI is InChI=1S/C13H21ClN2O2/c1-3-10-12(14)11(16(2)15-10)8-13(9-17)4-6-18-7-5-13/h17H,3-9H2,1-2H3. The summed E-state index contributed by atoms with van der Waals surface area (Å²) in [6.45, 7) is 3.67. The lowest BCUT2D eigenvalue weighted by molar-refractivity contribution is -0.0166. The Morgan fingerprint density at radius 3 is 2.61 bits per heavy atom. The molecule has 1 N–H and O–H groups in total. The van der Waals surface area contributed by atoms with Gasteiger partial charge < -0.3 is 9.84 Å². The highest BCUT2D eigenvalue weighted by molar-refractivity contribution is 6.31. The lowest BCUT2D eigenvalue weighted by Crippen LogP contribution is -2.35. The molecule has 4 nitrogen and oxygen atoms in total. The number of aryl methyl sites for hydroxylation is 2. The number of aliphatic hydroxyl groups excluding tert-OH is 1. The van der Waals surface area contributed by atoms with Crippen molar-refractivity contribution in [2.75, 3.05) is 19.8 Å². The van der Waals surface area contributed by atoms with Gasteiger partial charge in [0.05, 0.1) is 16.4 Å². The van der Waals surface area contributed by atoms with Crippen molar-refractivity contribution in [1.82, 2.24) is 9.78 Å². The van der Waals surface area contributed by atoms with Crippen LogP contribution in [0.5, 0.6) is 0 Å². The normalized spacial score (nSPS) is 19.1. The van der Waals surface area contributed by atoms with Crippen molar-refractivity contribution in [2.45, 2.75) is 32.6 Å². The molecule has 1 aromatic rings. The van der Waals surface area contributed by atoms with Crippen molar-refractivity contribution in [2.24, 2.45) is 12.5 Å². The summed E-state index contributed by atoms with van der Waals surface area (Å²) in [6.07, 6.45) is 3.37. The van der Waals surface area contributed by atoms with Crippen molar-refractivity contribution in [3.05, 3.63) is 16.4 Å². The van der Waals surface area contributed by atoms with Crippen LogP contribution < -0.4 is 0 Å². The Hall–Kier alpha value is -0.580. The maximum absolute atomic E-state index is 9.72. The zero-order valence-electron chi connectivity index (χ0n) is 11.1. The molecule has 0 amide bonds. The van der Waals surface area contributed by atoms with Gasteiger partial charge in [-0.25, -0.2) is 0 Å². The van der Waals surface area contributed by atoms with Crippen LogP contribution in [0, 0.1) is 5.41 Å². The summed E-state index contributed by atoms with van der Waals surface area (Å²) in [6, 6.07) is 0. The Bertz CT molecular complexity index is 411. The van der Waals surface area contributed by atoms with E-state index in [1.807, 2.05) is 18.7 Å². The fourth-order valence-electron chi connectivity index (χ4n) is 2.56. The maximum Gasteiger partial charge on any atom is 0.0849 e. The summed E-state index contributed by atoms with van der Waals surface area (Å²) in [5.74, 6) is 0. The van der Waals surface area contributed by atoms with E-state index >= 15 is 0 Å². The predicted molar refractivity (Wildman–Crippen MR) is 70.9 cm³/mol. The Balaban J connectivity index is 2.24. The minimum Gasteiger partial charge on any atom is -0.396 e. The fraction of sp³-hybridized carbons (Fsp3) is 0.769. The molecule has 1 saturated heterocycles. The average molecular weight is 273 g/mol. The zero-order valence-corrected chi connectivity index (χ0v) is 11.8. The van der Waals surface area contributed by atoms with Crippen molar-refractivity contribution in [3.63, 3.8) is 0 Å². The van der Waals surface area contributed by atoms with Gasteiger partial charge in [-0.15, -0.1) is 0 Å². The van der Waals surface area contributed by atoms with E-state index in [9.17, 15) is 5.11 Å². The molecule has 1 aliphatic rings. The second-order valence-electron chi connectivity index (χ2n) is 5.13. The van der Waals surface area contributed by atoms with E-state index in [4.69, 9.17) is 16.3 Å². The van der Waals surface area contributed by atoms with Crippen LogP contribution in [0.1, 0.15) is 31.2 Å². The number of aromatic nitrogens is 2. The molecule has 0 atom stereocenters. The van der Waals surface area contributed by atoms with E-state index in [0.29, 0.717) is 0 Å². The van der Waals surface area contributed by atoms with Crippen LogP contribution in [0.15, 0.2) is 0 Å². The first-order valence-corrected chi connectivity index (χ1v) is 6.88. The Labute approximate surface area is 113 Å². The van der Waals surface area contributed by atoms with Gasteiger partial charge in [0.25, 0.3) is 0 Å². The molecule has 1 aliphatic heterocycles. The molecule has 0 saturated carbocycles. The highest BCUT2D eigenvalue weighted by Gasteiger charge is 2.34. The quantitative estimate of drug-likeness (QED) is 0.912. The molecule has 0 bridgehead atoms. The number of nitrogens with zero attached hydrogens (tertiary/aromatic N) is 2. The summed E-state index contributed by atoms with van der Waals surface area (Å²) in [5.41, 5.74) is 1.87. The van der Waals surface area contributed by atoms with Crippen LogP contribution in [0.4, 0.5) is 0 Å². The summed E-state index contributed by atoms with van der Waals surface area (Å²) >= 11 is 6.37. The third kappa shape index (κ3) is 2.56. The largest absolute Gasteiger partial charge is 0.396 e. The second kappa shape index (κ2) is 5.59. The van der Waals surface area contributed by atoms with E-state index in [1.165, 1.54) is 0 Å². The number of halogens is 1. The number of ether oxygens (including phenoxy) is 1. The second-order valence-corrected chi connectivity index (χ2v) is 5.51. The third-order valence-corrected chi connectivity index (χ3v) is 4.37. The van der Waals surface area contributed by atoms with Crippen LogP contribution in [0.3, 0.4) is 0 Å². The van der Waals surface area contributed by atoms with E-state index in [2.05, 4.69) is 5.10 Å². The van der Waals surface area contributed by atoms with Gasteiger partial charge >= 0.3 is 0 Å². The van der Waals surface area contributed by atoms with Gasteiger partial charge in [0.2, 0.25) is 0 Å². The lowest BCUT2D eigenvalue weighted by Gasteiger charge is -2.35. The highest BCUT2D eigenvalue weighted by Crippen LogP contribution is 2.36. The molecule has 102 valence electrons. The lowest BCUT2D eigenvalue weighted by atomic mass is 9.77. The molecule has 0 aromatic carbocycles. The van der Waals surface area contributed by atoms with Gasteiger partial charge in [0, 0.05) is 32.3 Å². The molecule has 1 aromatic heterocycles. The summed E-state index contributed by atoms with van der Waals surface area (Å²) in [4.78, 5) is 0. The number of rotatable bonds is 4. The van der Waals surface area contributed by atoms with Crippen LogP contribution >= 0.6 is 11.6 Å². The molecule has 2 rings (SSSR count). The fourth-order valence-corrected chi connectivity index (χ4v) is 2.92. The first-order valence-electron chi connectivity index (χ1n) is 6.51. The highest BCUT2D eigenvalue weighted by atomic mass is 35.5. The third-order valence-electron chi connectivity index (χ3n) is 3.93. The SMILES string of the molecule is CCc1nn(C)c(CC2(CO)CCOCC2)c1Cl.